The van der Waals surface area contributed by atoms with Gasteiger partial charge in [-0.05, 0) is 37.1 Å². The van der Waals surface area contributed by atoms with Crippen molar-refractivity contribution in [3.8, 4) is 0 Å². The monoisotopic (exact) mass is 179 g/mol. The van der Waals surface area contributed by atoms with Crippen LogP contribution in [0.4, 0.5) is 4.39 Å². The largest absolute Gasteiger partial charge is 0.309 e. The molecule has 0 radical (unpaired) electrons. The lowest BCUT2D eigenvalue weighted by Gasteiger charge is -2.10. The zero-order valence-corrected chi connectivity index (χ0v) is 8.19. The topological polar surface area (TPSA) is 23.9 Å². The molecule has 0 saturated carbocycles. The van der Waals surface area contributed by atoms with Crippen LogP contribution in [-0.4, -0.2) is 5.71 Å². The predicted octanol–water partition coefficient (Wildman–Crippen LogP) is 3.28. The van der Waals surface area contributed by atoms with Crippen LogP contribution in [0.1, 0.15) is 30.9 Å². The Bertz CT molecular complexity index is 311. The molecule has 1 aromatic carbocycles. The number of aryl methyl sites for hydroxylation is 1. The van der Waals surface area contributed by atoms with Gasteiger partial charge in [-0.15, -0.1) is 0 Å². The standard InChI is InChI=1S/C11H14FN/c1-7-4-10(6-11(12)5-7)8(2)9(3)13/h4-6,8,13H,1-3H3/t8-/m0/s1. The van der Waals surface area contributed by atoms with Gasteiger partial charge in [0.25, 0.3) is 0 Å². The molecule has 0 heterocycles. The molecular weight excluding hydrogens is 165 g/mol. The van der Waals surface area contributed by atoms with Crippen LogP contribution in [-0.2, 0) is 0 Å². The Balaban J connectivity index is 3.07. The van der Waals surface area contributed by atoms with E-state index in [4.69, 9.17) is 5.41 Å². The first-order valence-corrected chi connectivity index (χ1v) is 4.33. The SMILES string of the molecule is CC(=N)[C@H](C)c1cc(C)cc(F)c1. The summed E-state index contributed by atoms with van der Waals surface area (Å²) in [6.07, 6.45) is 0. The quantitative estimate of drug-likeness (QED) is 0.674. The highest BCUT2D eigenvalue weighted by Gasteiger charge is 2.08. The first kappa shape index (κ1) is 9.90. The van der Waals surface area contributed by atoms with Crippen molar-refractivity contribution < 1.29 is 4.39 Å². The third-order valence-electron chi connectivity index (χ3n) is 2.21. The first-order valence-electron chi connectivity index (χ1n) is 4.33. The van der Waals surface area contributed by atoms with Crippen molar-refractivity contribution in [3.05, 3.63) is 35.1 Å². The van der Waals surface area contributed by atoms with Gasteiger partial charge in [0, 0.05) is 11.6 Å². The summed E-state index contributed by atoms with van der Waals surface area (Å²) < 4.78 is 13.0. The van der Waals surface area contributed by atoms with Crippen LogP contribution in [0.15, 0.2) is 18.2 Å². The summed E-state index contributed by atoms with van der Waals surface area (Å²) in [5, 5.41) is 7.46. The molecule has 0 saturated heterocycles. The summed E-state index contributed by atoms with van der Waals surface area (Å²) in [7, 11) is 0. The van der Waals surface area contributed by atoms with E-state index < -0.39 is 0 Å². The molecule has 0 aliphatic heterocycles. The van der Waals surface area contributed by atoms with Gasteiger partial charge >= 0.3 is 0 Å². The molecule has 0 aromatic heterocycles. The molecule has 1 nitrogen and oxygen atoms in total. The van der Waals surface area contributed by atoms with E-state index in [-0.39, 0.29) is 11.7 Å². The second-order valence-electron chi connectivity index (χ2n) is 3.47. The lowest BCUT2D eigenvalue weighted by atomic mass is 9.95. The number of nitrogens with one attached hydrogen (secondary N) is 1. The van der Waals surface area contributed by atoms with Gasteiger partial charge in [-0.2, -0.15) is 0 Å². The maximum Gasteiger partial charge on any atom is 0.123 e. The number of hydrogen-bond acceptors (Lipinski definition) is 1. The lowest BCUT2D eigenvalue weighted by Crippen LogP contribution is -2.04. The van der Waals surface area contributed by atoms with Crippen molar-refractivity contribution in [3.63, 3.8) is 0 Å². The Labute approximate surface area is 78.1 Å². The molecule has 1 N–H and O–H groups in total. The molecule has 1 atom stereocenters. The third kappa shape index (κ3) is 2.38. The van der Waals surface area contributed by atoms with E-state index in [9.17, 15) is 4.39 Å². The van der Waals surface area contributed by atoms with Crippen LogP contribution in [0.2, 0.25) is 0 Å². The molecule has 70 valence electrons. The highest BCUT2D eigenvalue weighted by atomic mass is 19.1. The van der Waals surface area contributed by atoms with Crippen molar-refractivity contribution in [2.75, 3.05) is 0 Å². The van der Waals surface area contributed by atoms with E-state index in [0.29, 0.717) is 5.71 Å². The molecule has 0 unspecified atom stereocenters. The van der Waals surface area contributed by atoms with E-state index in [1.54, 1.807) is 6.92 Å². The number of hydrogen-bond donors (Lipinski definition) is 1. The summed E-state index contributed by atoms with van der Waals surface area (Å²) in [5.74, 6) is -0.211. The van der Waals surface area contributed by atoms with Gasteiger partial charge in [0.2, 0.25) is 0 Å². The van der Waals surface area contributed by atoms with Gasteiger partial charge in [-0.3, -0.25) is 0 Å². The molecule has 1 rings (SSSR count). The molecule has 1 aromatic rings. The molecular formula is C11H14FN. The Morgan fingerprint density at radius 2 is 2.00 bits per heavy atom. The van der Waals surface area contributed by atoms with Gasteiger partial charge in [0.15, 0.2) is 0 Å². The van der Waals surface area contributed by atoms with E-state index in [0.717, 1.165) is 11.1 Å². The number of halogens is 1. The molecule has 0 aliphatic carbocycles. The average molecular weight is 179 g/mol. The molecule has 0 amide bonds. The van der Waals surface area contributed by atoms with Crippen LogP contribution in [0.5, 0.6) is 0 Å². The van der Waals surface area contributed by atoms with E-state index in [1.807, 2.05) is 19.9 Å². The first-order chi connectivity index (χ1) is 6.00. The minimum absolute atomic E-state index is 0.00870. The fraction of sp³-hybridized carbons (Fsp3) is 0.364. The van der Waals surface area contributed by atoms with Gasteiger partial charge < -0.3 is 5.41 Å². The highest BCUT2D eigenvalue weighted by molar-refractivity contribution is 5.85. The van der Waals surface area contributed by atoms with Gasteiger partial charge in [0.05, 0.1) is 0 Å². The van der Waals surface area contributed by atoms with E-state index in [2.05, 4.69) is 0 Å². The molecule has 0 fully saturated rings. The van der Waals surface area contributed by atoms with Crippen LogP contribution >= 0.6 is 0 Å². The molecule has 0 aliphatic rings. The van der Waals surface area contributed by atoms with Crippen molar-refractivity contribution >= 4 is 5.71 Å². The predicted molar refractivity (Wildman–Crippen MR) is 53.0 cm³/mol. The minimum atomic E-state index is -0.219. The van der Waals surface area contributed by atoms with E-state index in [1.165, 1.54) is 12.1 Å². The van der Waals surface area contributed by atoms with Crippen molar-refractivity contribution in [1.82, 2.24) is 0 Å². The van der Waals surface area contributed by atoms with Crippen molar-refractivity contribution in [1.29, 1.82) is 5.41 Å². The average Bonchev–Trinajstić information content (AvgIpc) is 2.01. The number of rotatable bonds is 2. The summed E-state index contributed by atoms with van der Waals surface area (Å²) in [6.45, 7) is 5.51. The molecule has 2 heteroatoms. The van der Waals surface area contributed by atoms with Crippen molar-refractivity contribution in [2.45, 2.75) is 26.7 Å². The Hall–Kier alpha value is -1.18. The fourth-order valence-corrected chi connectivity index (χ4v) is 1.26. The fourth-order valence-electron chi connectivity index (χ4n) is 1.26. The van der Waals surface area contributed by atoms with E-state index >= 15 is 0 Å². The second-order valence-corrected chi connectivity index (χ2v) is 3.47. The van der Waals surface area contributed by atoms with Crippen LogP contribution in [0, 0.1) is 18.2 Å². The summed E-state index contributed by atoms with van der Waals surface area (Å²) >= 11 is 0. The Kier molecular flexibility index (Phi) is 2.81. The maximum atomic E-state index is 13.0. The van der Waals surface area contributed by atoms with Crippen LogP contribution < -0.4 is 0 Å². The van der Waals surface area contributed by atoms with Gasteiger partial charge in [0.1, 0.15) is 5.82 Å². The maximum absolute atomic E-state index is 13.0. The molecule has 13 heavy (non-hydrogen) atoms. The number of benzene rings is 1. The zero-order chi connectivity index (χ0) is 10.0. The highest BCUT2D eigenvalue weighted by Crippen LogP contribution is 2.18. The Morgan fingerprint density at radius 1 is 1.38 bits per heavy atom. The minimum Gasteiger partial charge on any atom is -0.309 e. The van der Waals surface area contributed by atoms with Crippen molar-refractivity contribution in [2.24, 2.45) is 0 Å². The van der Waals surface area contributed by atoms with Gasteiger partial charge in [-0.25, -0.2) is 4.39 Å². The second kappa shape index (κ2) is 3.69. The van der Waals surface area contributed by atoms with Crippen LogP contribution in [0.25, 0.3) is 0 Å². The Morgan fingerprint density at radius 3 is 2.46 bits per heavy atom. The summed E-state index contributed by atoms with van der Waals surface area (Å²) in [6, 6.07) is 4.91. The summed E-state index contributed by atoms with van der Waals surface area (Å²) in [4.78, 5) is 0. The normalized spacial score (nSPS) is 12.6. The van der Waals surface area contributed by atoms with Gasteiger partial charge in [-0.1, -0.05) is 13.0 Å². The third-order valence-corrected chi connectivity index (χ3v) is 2.21. The summed E-state index contributed by atoms with van der Waals surface area (Å²) in [5.41, 5.74) is 2.35. The lowest BCUT2D eigenvalue weighted by molar-refractivity contribution is 0.623. The smallest absolute Gasteiger partial charge is 0.123 e. The molecule has 0 spiro atoms. The molecule has 0 bridgehead atoms. The van der Waals surface area contributed by atoms with Crippen LogP contribution in [0.3, 0.4) is 0 Å². The zero-order valence-electron chi connectivity index (χ0n) is 8.19.